The summed E-state index contributed by atoms with van der Waals surface area (Å²) < 4.78 is 30.1. The molecule has 0 fully saturated rings. The van der Waals surface area contributed by atoms with Crippen LogP contribution < -0.4 is 0 Å². The summed E-state index contributed by atoms with van der Waals surface area (Å²) in [5.74, 6) is 0.774. The van der Waals surface area contributed by atoms with Gasteiger partial charge in [0.05, 0.1) is 6.61 Å². The fraction of sp³-hybridized carbons (Fsp3) is 0.714. The molecule has 0 spiro atoms. The zero-order valence-electron chi connectivity index (χ0n) is 8.97. The summed E-state index contributed by atoms with van der Waals surface area (Å²) in [5, 5.41) is 0. The molecule has 1 N–H and O–H groups in total. The first-order chi connectivity index (χ1) is 7.43. The van der Waals surface area contributed by atoms with Crippen LogP contribution in [0.1, 0.15) is 6.92 Å². The predicted octanol–water partition coefficient (Wildman–Crippen LogP) is 2.45. The normalized spacial score (nSPS) is 16.3. The van der Waals surface area contributed by atoms with E-state index in [1.165, 1.54) is 11.1 Å². The van der Waals surface area contributed by atoms with E-state index in [0.29, 0.717) is 5.75 Å². The van der Waals surface area contributed by atoms with Gasteiger partial charge in [0, 0.05) is 40.5 Å². The molecule has 0 aliphatic carbocycles. The van der Waals surface area contributed by atoms with Gasteiger partial charge in [0.1, 0.15) is 0 Å². The quantitative estimate of drug-likeness (QED) is 0.763. The second-order valence-electron chi connectivity index (χ2n) is 2.17. The van der Waals surface area contributed by atoms with Crippen molar-refractivity contribution in [2.24, 2.45) is 0 Å². The van der Waals surface area contributed by atoms with Crippen molar-refractivity contribution in [1.29, 1.82) is 0 Å². The fourth-order valence-corrected chi connectivity index (χ4v) is 1.55. The average Bonchev–Trinajstić information content (AvgIpc) is 2.29. The van der Waals surface area contributed by atoms with Gasteiger partial charge in [0.15, 0.2) is 0 Å². The van der Waals surface area contributed by atoms with E-state index in [-0.39, 0.29) is 12.4 Å². The molecule has 2 atom stereocenters. The third kappa shape index (κ3) is 14.6. The Kier molecular flexibility index (Phi) is 14.3. The van der Waals surface area contributed by atoms with Gasteiger partial charge in [-0.15, -0.1) is 0 Å². The van der Waals surface area contributed by atoms with Crippen LogP contribution in [0.5, 0.6) is 0 Å². The summed E-state index contributed by atoms with van der Waals surface area (Å²) in [6.45, 7) is 1.74. The second kappa shape index (κ2) is 12.0. The largest absolute Gasteiger partial charge is 0.471 e. The topological polar surface area (TPSA) is 72.8 Å². The maximum Gasteiger partial charge on any atom is 0.471 e. The van der Waals surface area contributed by atoms with Crippen LogP contribution in [-0.4, -0.2) is 34.3 Å². The van der Waals surface area contributed by atoms with Crippen molar-refractivity contribution in [1.82, 2.24) is 0 Å². The number of hydrogen-bond donors (Lipinski definition) is 1. The van der Waals surface area contributed by atoms with Crippen LogP contribution >= 0.6 is 31.0 Å². The molecule has 0 aromatic carbocycles. The van der Waals surface area contributed by atoms with Crippen molar-refractivity contribution in [2.75, 3.05) is 25.2 Å². The molecule has 5 nitrogen and oxygen atoms in total. The monoisotopic (exact) mass is 312 g/mol. The molecule has 0 aliphatic heterocycles. The third-order valence-electron chi connectivity index (χ3n) is 1.17. The van der Waals surface area contributed by atoms with Crippen LogP contribution in [0.4, 0.5) is 0 Å². The minimum absolute atomic E-state index is 0.0257. The summed E-state index contributed by atoms with van der Waals surface area (Å²) >= 11 is 9.75. The molecule has 0 aliphatic rings. The summed E-state index contributed by atoms with van der Waals surface area (Å²) in [7, 11) is -3.77. The minimum Gasteiger partial charge on any atom is -0.303 e. The van der Waals surface area contributed by atoms with Crippen LogP contribution in [0, 0.1) is 0 Å². The maximum atomic E-state index is 10.8. The lowest BCUT2D eigenvalue weighted by molar-refractivity contribution is 0.182. The molecular weight excluding hydrogens is 298 g/mol. The highest BCUT2D eigenvalue weighted by Gasteiger charge is 2.17. The Labute approximate surface area is 108 Å². The zero-order valence-corrected chi connectivity index (χ0v) is 12.2. The van der Waals surface area contributed by atoms with Crippen molar-refractivity contribution in [3.63, 3.8) is 0 Å². The Morgan fingerprint density at radius 3 is 2.25 bits per heavy atom. The Morgan fingerprint density at radius 1 is 1.44 bits per heavy atom. The molecule has 98 valence electrons. The van der Waals surface area contributed by atoms with Crippen LogP contribution in [-0.2, 0) is 24.4 Å². The lowest BCUT2D eigenvalue weighted by atomic mass is 10.9. The summed E-state index contributed by atoms with van der Waals surface area (Å²) in [4.78, 5) is 8.72. The van der Waals surface area contributed by atoms with Crippen LogP contribution in [0.3, 0.4) is 0 Å². The molecule has 9 heteroatoms. The molecule has 0 aromatic rings. The van der Waals surface area contributed by atoms with E-state index in [0.717, 1.165) is 7.11 Å². The van der Waals surface area contributed by atoms with E-state index in [4.69, 9.17) is 28.1 Å². The van der Waals surface area contributed by atoms with Gasteiger partial charge in [0.2, 0.25) is 0 Å². The van der Waals surface area contributed by atoms with Crippen molar-refractivity contribution < 1.29 is 22.7 Å². The molecule has 0 aromatic heterocycles. The van der Waals surface area contributed by atoms with Gasteiger partial charge in [-0.2, -0.15) is 0 Å². The molecule has 2 unspecified atom stereocenters. The summed E-state index contributed by atoms with van der Waals surface area (Å²) in [5.41, 5.74) is 2.48. The molecule has 0 saturated carbocycles. The number of rotatable bonds is 6. The molecule has 16 heavy (non-hydrogen) atoms. The average molecular weight is 313 g/mol. The molecule has 0 saturated heterocycles. The van der Waals surface area contributed by atoms with E-state index in [9.17, 15) is 8.77 Å². The molecular formula is C7H15Cl2O5PS. The first-order valence-corrected chi connectivity index (χ1v) is 8.02. The van der Waals surface area contributed by atoms with E-state index < -0.39 is 18.6 Å². The Morgan fingerprint density at radius 2 is 1.94 bits per heavy atom. The summed E-state index contributed by atoms with van der Waals surface area (Å²) in [6.07, 6.45) is 0. The Balaban J connectivity index is 0. The van der Waals surface area contributed by atoms with Crippen LogP contribution in [0.2, 0.25) is 0 Å². The van der Waals surface area contributed by atoms with Crippen LogP contribution in [0.25, 0.3) is 0 Å². The lowest BCUT2D eigenvalue weighted by Gasteiger charge is -2.07. The Hall–Kier alpha value is 0.580. The molecule has 0 radical (unpaired) electrons. The van der Waals surface area contributed by atoms with Crippen molar-refractivity contribution >= 4 is 41.8 Å². The second-order valence-corrected chi connectivity index (χ2v) is 6.10. The molecule has 0 heterocycles. The van der Waals surface area contributed by atoms with Crippen LogP contribution in [0.15, 0.2) is 11.1 Å². The fourth-order valence-electron chi connectivity index (χ4n) is 0.443. The van der Waals surface area contributed by atoms with Gasteiger partial charge in [-0.25, -0.2) is 4.57 Å². The molecule has 0 rings (SSSR count). The van der Waals surface area contributed by atoms with Gasteiger partial charge in [-0.1, -0.05) is 30.1 Å². The number of phosphoric acid groups is 1. The zero-order chi connectivity index (χ0) is 13.0. The highest BCUT2D eigenvalue weighted by Crippen LogP contribution is 2.41. The first-order valence-electron chi connectivity index (χ1n) is 4.17. The third-order valence-corrected chi connectivity index (χ3v) is 3.78. The van der Waals surface area contributed by atoms with Gasteiger partial charge < -0.3 is 4.89 Å². The predicted molar refractivity (Wildman–Crippen MR) is 67.2 cm³/mol. The van der Waals surface area contributed by atoms with E-state index in [2.05, 4.69) is 9.05 Å². The smallest absolute Gasteiger partial charge is 0.303 e. The Bertz CT molecular complexity index is 257. The van der Waals surface area contributed by atoms with E-state index in [1.54, 1.807) is 6.92 Å². The van der Waals surface area contributed by atoms with Gasteiger partial charge in [0.25, 0.3) is 0 Å². The van der Waals surface area contributed by atoms with E-state index >= 15 is 0 Å². The number of hydrogen-bond acceptors (Lipinski definition) is 4. The number of phosphoric ester groups is 1. The number of halogens is 2. The minimum atomic E-state index is -3.87. The first kappa shape index (κ1) is 18.9. The maximum absolute atomic E-state index is 10.8. The highest BCUT2D eigenvalue weighted by atomic mass is 35.5. The van der Waals surface area contributed by atoms with Crippen molar-refractivity contribution in [3.05, 3.63) is 11.1 Å². The van der Waals surface area contributed by atoms with Crippen molar-refractivity contribution in [3.8, 4) is 0 Å². The molecule has 0 bridgehead atoms. The van der Waals surface area contributed by atoms with Gasteiger partial charge in [-0.3, -0.25) is 13.3 Å². The van der Waals surface area contributed by atoms with Gasteiger partial charge >= 0.3 is 7.82 Å². The highest BCUT2D eigenvalue weighted by molar-refractivity contribution is 7.84. The lowest BCUT2D eigenvalue weighted by Crippen LogP contribution is -2.06. The summed E-state index contributed by atoms with van der Waals surface area (Å²) in [6, 6.07) is 0. The van der Waals surface area contributed by atoms with Crippen molar-refractivity contribution in [2.45, 2.75) is 6.92 Å². The van der Waals surface area contributed by atoms with E-state index in [1.807, 2.05) is 0 Å². The standard InChI is InChI=1S/C5H13O5PS.C2H2Cl2/c1-3-12(8)5-4-10-11(6,7)9-2;3-1-2-4/h3-5H2,1-2H3,(H,6,7);1-2H. The van der Waals surface area contributed by atoms with Gasteiger partial charge in [-0.05, 0) is 0 Å². The SMILES string of the molecule is CCS(=O)CCOP(=O)(O)OC.ClC=CCl. The molecule has 0 amide bonds.